The number of rotatable bonds is 6. The summed E-state index contributed by atoms with van der Waals surface area (Å²) < 4.78 is 20.2. The molecule has 2 aliphatic rings. The number of ether oxygens (including phenoxy) is 1. The Labute approximate surface area is 211 Å². The average Bonchev–Trinajstić information content (AvgIpc) is 2.87. The maximum Gasteiger partial charge on any atom is 0.260 e. The van der Waals surface area contributed by atoms with Gasteiger partial charge in [-0.2, -0.15) is 0 Å². The van der Waals surface area contributed by atoms with Crippen LogP contribution in [-0.2, 0) is 4.79 Å². The predicted molar refractivity (Wildman–Crippen MR) is 136 cm³/mol. The van der Waals surface area contributed by atoms with E-state index in [-0.39, 0.29) is 36.3 Å². The Morgan fingerprint density at radius 1 is 0.917 bits per heavy atom. The molecule has 0 saturated carbocycles. The molecule has 2 heterocycles. The normalized spacial score (nSPS) is 20.3. The number of hydrogen-bond acceptors (Lipinski definition) is 5. The highest BCUT2D eigenvalue weighted by Crippen LogP contribution is 2.24. The number of amides is 2. The summed E-state index contributed by atoms with van der Waals surface area (Å²) in [5.74, 6) is -0.168. The predicted octanol–water partition coefficient (Wildman–Crippen LogP) is 4.16. The molecule has 0 aliphatic carbocycles. The molecule has 2 saturated heterocycles. The van der Waals surface area contributed by atoms with Crippen LogP contribution in [0.5, 0.6) is 5.75 Å². The summed E-state index contributed by atoms with van der Waals surface area (Å²) in [5, 5.41) is 0. The van der Waals surface area contributed by atoms with E-state index >= 15 is 0 Å². The molecule has 2 amide bonds. The molecule has 2 aromatic carbocycles. The van der Waals surface area contributed by atoms with Gasteiger partial charge >= 0.3 is 0 Å². The van der Waals surface area contributed by atoms with Crippen molar-refractivity contribution in [3.05, 3.63) is 59.4 Å². The number of halogens is 1. The molecule has 4 rings (SSSR count). The Hall–Kier alpha value is -3.42. The molecule has 2 aromatic rings. The summed E-state index contributed by atoms with van der Waals surface area (Å²) in [5.41, 5.74) is 1.33. The summed E-state index contributed by atoms with van der Waals surface area (Å²) in [4.78, 5) is 42.7. The van der Waals surface area contributed by atoms with Gasteiger partial charge < -0.3 is 19.4 Å². The first-order chi connectivity index (χ1) is 17.2. The number of benzene rings is 2. The molecule has 2 atom stereocenters. The molecule has 2 unspecified atom stereocenters. The molecular weight excluding hydrogens is 461 g/mol. The second kappa shape index (κ2) is 11.1. The summed E-state index contributed by atoms with van der Waals surface area (Å²) in [6, 6.07) is 11.8. The number of ketones is 1. The van der Waals surface area contributed by atoms with Crippen LogP contribution in [0.4, 0.5) is 10.1 Å². The fourth-order valence-electron chi connectivity index (χ4n) is 5.14. The van der Waals surface area contributed by atoms with Gasteiger partial charge in [-0.25, -0.2) is 4.39 Å². The monoisotopic (exact) mass is 495 g/mol. The minimum atomic E-state index is -0.430. The first-order valence-electron chi connectivity index (χ1n) is 12.6. The second-order valence-corrected chi connectivity index (χ2v) is 9.74. The fourth-order valence-corrected chi connectivity index (χ4v) is 5.14. The third-order valence-electron chi connectivity index (χ3n) is 7.21. The molecule has 0 N–H and O–H groups in total. The zero-order chi connectivity index (χ0) is 25.8. The maximum absolute atomic E-state index is 14.5. The summed E-state index contributed by atoms with van der Waals surface area (Å²) in [7, 11) is 0. The standard InChI is InChI=1S/C28H34FN3O4/c1-19-5-4-6-20(2)32(19)27(34)18-36-24-10-7-22(8-11-24)28(35)31-15-13-30(14-16-31)26-12-9-23(21(3)33)17-25(26)29/h7-12,17,19-20H,4-6,13-16,18H2,1-3H3. The van der Waals surface area contributed by atoms with E-state index in [1.54, 1.807) is 41.3 Å². The van der Waals surface area contributed by atoms with Crippen molar-refractivity contribution in [3.63, 3.8) is 0 Å². The Kier molecular flexibility index (Phi) is 7.91. The van der Waals surface area contributed by atoms with Gasteiger partial charge in [-0.3, -0.25) is 14.4 Å². The molecule has 0 aromatic heterocycles. The van der Waals surface area contributed by atoms with Crippen molar-refractivity contribution in [1.82, 2.24) is 9.80 Å². The highest BCUT2D eigenvalue weighted by atomic mass is 19.1. The van der Waals surface area contributed by atoms with Crippen LogP contribution in [0.2, 0.25) is 0 Å². The Morgan fingerprint density at radius 2 is 1.53 bits per heavy atom. The molecule has 36 heavy (non-hydrogen) atoms. The van der Waals surface area contributed by atoms with Crippen molar-refractivity contribution in [2.45, 2.75) is 52.1 Å². The molecule has 2 aliphatic heterocycles. The zero-order valence-corrected chi connectivity index (χ0v) is 21.2. The number of Topliss-reactive ketones (excluding diaryl/α,β-unsaturated/α-hetero) is 1. The van der Waals surface area contributed by atoms with E-state index in [0.717, 1.165) is 19.3 Å². The third kappa shape index (κ3) is 5.69. The number of piperazine rings is 1. The first-order valence-corrected chi connectivity index (χ1v) is 12.6. The van der Waals surface area contributed by atoms with Gasteiger partial charge in [-0.1, -0.05) is 0 Å². The van der Waals surface area contributed by atoms with Crippen molar-refractivity contribution >= 4 is 23.3 Å². The van der Waals surface area contributed by atoms with Crippen LogP contribution in [-0.4, -0.2) is 72.3 Å². The van der Waals surface area contributed by atoms with Crippen LogP contribution in [0.15, 0.2) is 42.5 Å². The molecule has 8 heteroatoms. The van der Waals surface area contributed by atoms with E-state index in [0.29, 0.717) is 48.7 Å². The van der Waals surface area contributed by atoms with E-state index in [4.69, 9.17) is 4.74 Å². The number of nitrogens with zero attached hydrogens (tertiary/aromatic N) is 3. The topological polar surface area (TPSA) is 70.2 Å². The van der Waals surface area contributed by atoms with Crippen molar-refractivity contribution in [2.75, 3.05) is 37.7 Å². The third-order valence-corrected chi connectivity index (χ3v) is 7.21. The van der Waals surface area contributed by atoms with Gasteiger partial charge in [0, 0.05) is 49.4 Å². The van der Waals surface area contributed by atoms with E-state index in [1.165, 1.54) is 13.0 Å². The van der Waals surface area contributed by atoms with Crippen molar-refractivity contribution < 1.29 is 23.5 Å². The molecule has 0 radical (unpaired) electrons. The summed E-state index contributed by atoms with van der Waals surface area (Å²) in [6.45, 7) is 7.47. The Balaban J connectivity index is 1.29. The highest BCUT2D eigenvalue weighted by Gasteiger charge is 2.29. The lowest BCUT2D eigenvalue weighted by Gasteiger charge is -2.39. The number of carbonyl (C=O) groups is 3. The van der Waals surface area contributed by atoms with E-state index in [2.05, 4.69) is 13.8 Å². The number of piperidine rings is 1. The van der Waals surface area contributed by atoms with E-state index in [9.17, 15) is 18.8 Å². The Morgan fingerprint density at radius 3 is 2.11 bits per heavy atom. The molecule has 0 spiro atoms. The SMILES string of the molecule is CC(=O)c1ccc(N2CCN(C(=O)c3ccc(OCC(=O)N4C(C)CCCC4C)cc3)CC2)c(F)c1. The van der Waals surface area contributed by atoms with Gasteiger partial charge in [-0.15, -0.1) is 0 Å². The smallest absolute Gasteiger partial charge is 0.260 e. The highest BCUT2D eigenvalue weighted by molar-refractivity contribution is 5.95. The summed E-state index contributed by atoms with van der Waals surface area (Å²) in [6.07, 6.45) is 3.17. The largest absolute Gasteiger partial charge is 0.484 e. The van der Waals surface area contributed by atoms with Crippen molar-refractivity contribution in [2.24, 2.45) is 0 Å². The minimum absolute atomic E-state index is 0.0138. The molecule has 192 valence electrons. The van der Waals surface area contributed by atoms with Gasteiger partial charge in [-0.05, 0) is 82.5 Å². The fraction of sp³-hybridized carbons (Fsp3) is 0.464. The average molecular weight is 496 g/mol. The van der Waals surface area contributed by atoms with Crippen LogP contribution in [0, 0.1) is 5.82 Å². The number of likely N-dealkylation sites (tertiary alicyclic amines) is 1. The van der Waals surface area contributed by atoms with Gasteiger partial charge in [0.05, 0.1) is 5.69 Å². The van der Waals surface area contributed by atoms with Gasteiger partial charge in [0.25, 0.3) is 11.8 Å². The first kappa shape index (κ1) is 25.7. The summed E-state index contributed by atoms with van der Waals surface area (Å²) >= 11 is 0. The quantitative estimate of drug-likeness (QED) is 0.563. The van der Waals surface area contributed by atoms with Gasteiger partial charge in [0.2, 0.25) is 0 Å². The van der Waals surface area contributed by atoms with Gasteiger partial charge in [0.1, 0.15) is 11.6 Å². The lowest BCUT2D eigenvalue weighted by molar-refractivity contribution is -0.139. The number of hydrogen-bond donors (Lipinski definition) is 0. The van der Waals surface area contributed by atoms with E-state index < -0.39 is 5.82 Å². The molecular formula is C28H34FN3O4. The maximum atomic E-state index is 14.5. The van der Waals surface area contributed by atoms with Crippen molar-refractivity contribution in [1.29, 1.82) is 0 Å². The molecule has 7 nitrogen and oxygen atoms in total. The Bertz CT molecular complexity index is 1100. The van der Waals surface area contributed by atoms with Gasteiger partial charge in [0.15, 0.2) is 12.4 Å². The lowest BCUT2D eigenvalue weighted by Crippen LogP contribution is -2.49. The van der Waals surface area contributed by atoms with E-state index in [1.807, 2.05) is 9.80 Å². The second-order valence-electron chi connectivity index (χ2n) is 9.74. The lowest BCUT2D eigenvalue weighted by atomic mass is 9.97. The molecule has 0 bridgehead atoms. The van der Waals surface area contributed by atoms with Crippen LogP contribution in [0.25, 0.3) is 0 Å². The van der Waals surface area contributed by atoms with Crippen LogP contribution < -0.4 is 9.64 Å². The number of carbonyl (C=O) groups excluding carboxylic acids is 3. The van der Waals surface area contributed by atoms with Crippen molar-refractivity contribution in [3.8, 4) is 5.75 Å². The van der Waals surface area contributed by atoms with Crippen LogP contribution in [0.3, 0.4) is 0 Å². The zero-order valence-electron chi connectivity index (χ0n) is 21.2. The number of anilines is 1. The van der Waals surface area contributed by atoms with Crippen LogP contribution in [0.1, 0.15) is 60.7 Å². The minimum Gasteiger partial charge on any atom is -0.484 e. The van der Waals surface area contributed by atoms with Crippen LogP contribution >= 0.6 is 0 Å². The molecule has 2 fully saturated rings.